The van der Waals surface area contributed by atoms with Crippen molar-refractivity contribution >= 4 is 16.1 Å². The van der Waals surface area contributed by atoms with Crippen molar-refractivity contribution in [3.05, 3.63) is 11.6 Å². The molecule has 0 aromatic carbocycles. The zero-order chi connectivity index (χ0) is 16.2. The van der Waals surface area contributed by atoms with E-state index >= 15 is 0 Å². The van der Waals surface area contributed by atoms with Gasteiger partial charge in [-0.1, -0.05) is 25.5 Å². The van der Waals surface area contributed by atoms with Gasteiger partial charge in [-0.15, -0.1) is 0 Å². The molecule has 4 rings (SSSR count). The van der Waals surface area contributed by atoms with Gasteiger partial charge in [0.2, 0.25) is 0 Å². The van der Waals surface area contributed by atoms with Gasteiger partial charge in [-0.3, -0.25) is 0 Å². The van der Waals surface area contributed by atoms with Crippen LogP contribution in [0.15, 0.2) is 16.8 Å². The first-order chi connectivity index (χ1) is 11.0. The van der Waals surface area contributed by atoms with Gasteiger partial charge >= 0.3 is 0 Å². The molecule has 0 radical (unpaired) electrons. The Bertz CT molecular complexity index is 560. The maximum absolute atomic E-state index is 10.1. The maximum atomic E-state index is 10.1. The van der Waals surface area contributed by atoms with Gasteiger partial charge in [-0.2, -0.15) is 5.10 Å². The average Bonchev–Trinajstić information content (AvgIpc) is 2.85. The summed E-state index contributed by atoms with van der Waals surface area (Å²) in [6.45, 7) is 5.00. The lowest BCUT2D eigenvalue weighted by Crippen LogP contribution is -2.50. The Kier molecular flexibility index (Phi) is 3.76. The molecule has 3 fully saturated rings. The van der Waals surface area contributed by atoms with Crippen LogP contribution in [0.3, 0.4) is 0 Å². The van der Waals surface area contributed by atoms with Gasteiger partial charge in [0.15, 0.2) is 0 Å². The van der Waals surface area contributed by atoms with Crippen molar-refractivity contribution in [1.29, 1.82) is 0 Å². The fourth-order valence-corrected chi connectivity index (χ4v) is 7.02. The number of allylic oxidation sites excluding steroid dienone is 1. The Hall–Kier alpha value is -0.613. The van der Waals surface area contributed by atoms with E-state index in [9.17, 15) is 5.11 Å². The number of hydrazone groups is 1. The van der Waals surface area contributed by atoms with Gasteiger partial charge in [0.1, 0.15) is 10.4 Å². The monoisotopic (exact) mass is 332 g/mol. The lowest BCUT2D eigenvalue weighted by molar-refractivity contribution is -0.0209. The van der Waals surface area contributed by atoms with Gasteiger partial charge in [0.25, 0.3) is 0 Å². The molecule has 2 N–H and O–H groups in total. The zero-order valence-electron chi connectivity index (χ0n) is 14.9. The van der Waals surface area contributed by atoms with E-state index in [2.05, 4.69) is 25.0 Å². The van der Waals surface area contributed by atoms with E-state index in [1.54, 1.807) is 5.57 Å². The molecular formula is C19H32N2OSi. The number of rotatable bonds is 1. The minimum Gasteiger partial charge on any atom is -0.393 e. The topological polar surface area (TPSA) is 44.6 Å². The molecule has 0 heterocycles. The number of aliphatic hydroxyl groups excluding tert-OH is 1. The lowest BCUT2D eigenvalue weighted by atomic mass is 9.48. The highest BCUT2D eigenvalue weighted by Gasteiger charge is 2.57. The van der Waals surface area contributed by atoms with Crippen molar-refractivity contribution in [3.63, 3.8) is 0 Å². The van der Waals surface area contributed by atoms with Gasteiger partial charge in [-0.05, 0) is 74.5 Å². The summed E-state index contributed by atoms with van der Waals surface area (Å²) in [6, 6.07) is 0. The highest BCUT2D eigenvalue weighted by molar-refractivity contribution is 6.05. The van der Waals surface area contributed by atoms with E-state index in [1.165, 1.54) is 44.2 Å². The third-order valence-electron chi connectivity index (χ3n) is 8.07. The smallest absolute Gasteiger partial charge is 0.127 e. The summed E-state index contributed by atoms with van der Waals surface area (Å²) >= 11 is 0. The first-order valence-electron chi connectivity index (χ1n) is 9.60. The molecule has 128 valence electrons. The predicted molar refractivity (Wildman–Crippen MR) is 98.2 cm³/mol. The summed E-state index contributed by atoms with van der Waals surface area (Å²) in [5.74, 6) is 2.48. The van der Waals surface area contributed by atoms with Gasteiger partial charge in [-0.25, -0.2) is 0 Å². The minimum atomic E-state index is -0.0928. The van der Waals surface area contributed by atoms with E-state index in [0.717, 1.165) is 41.0 Å². The summed E-state index contributed by atoms with van der Waals surface area (Å²) in [5, 5.41) is 18.0. The second kappa shape index (κ2) is 5.45. The minimum absolute atomic E-state index is 0.0928. The molecule has 0 aliphatic heterocycles. The lowest BCUT2D eigenvalue weighted by Gasteiger charge is -2.57. The van der Waals surface area contributed by atoms with Crippen LogP contribution < -0.4 is 5.09 Å². The SMILES string of the molecule is CC12CCC(O)CC1=CCC1C2CCC2(C)C(=NN[SiH3])CCC12. The van der Waals surface area contributed by atoms with Crippen molar-refractivity contribution in [2.45, 2.75) is 71.3 Å². The number of hydrogen-bond acceptors (Lipinski definition) is 3. The molecular weight excluding hydrogens is 300 g/mol. The Labute approximate surface area is 143 Å². The molecule has 0 spiro atoms. The van der Waals surface area contributed by atoms with Crippen LogP contribution in [0.4, 0.5) is 0 Å². The van der Waals surface area contributed by atoms with Gasteiger partial charge in [0.05, 0.1) is 6.10 Å². The molecule has 0 bridgehead atoms. The molecule has 3 nitrogen and oxygen atoms in total. The standard InChI is InChI=1S/C19H32N2OSi/c1-18-9-7-13(22)11-12(18)3-4-14-15-5-6-17(20-21-23)19(15,2)10-8-16(14)18/h3,13-16,21-22H,4-11H2,1-2,23H3. The molecule has 3 saturated carbocycles. The largest absolute Gasteiger partial charge is 0.393 e. The van der Waals surface area contributed by atoms with Crippen LogP contribution in [0.1, 0.15) is 65.2 Å². The van der Waals surface area contributed by atoms with Crippen LogP contribution in [-0.4, -0.2) is 27.3 Å². The quantitative estimate of drug-likeness (QED) is 0.440. The van der Waals surface area contributed by atoms with Crippen LogP contribution in [0.25, 0.3) is 0 Å². The van der Waals surface area contributed by atoms with Crippen LogP contribution in [0.2, 0.25) is 0 Å². The molecule has 4 heteroatoms. The van der Waals surface area contributed by atoms with Crippen molar-refractivity contribution < 1.29 is 5.11 Å². The third kappa shape index (κ3) is 2.20. The summed E-state index contributed by atoms with van der Waals surface area (Å²) in [6.07, 6.45) is 12.0. The van der Waals surface area contributed by atoms with E-state index in [-0.39, 0.29) is 6.10 Å². The Morgan fingerprint density at radius 3 is 2.70 bits per heavy atom. The number of nitrogens with one attached hydrogen (secondary N) is 1. The van der Waals surface area contributed by atoms with Gasteiger partial charge < -0.3 is 10.2 Å². The molecule has 23 heavy (non-hydrogen) atoms. The molecule has 6 atom stereocenters. The Balaban J connectivity index is 1.66. The normalized spacial score (nSPS) is 50.9. The van der Waals surface area contributed by atoms with Crippen molar-refractivity contribution in [2.24, 2.45) is 33.7 Å². The molecule has 4 aliphatic carbocycles. The zero-order valence-corrected chi connectivity index (χ0v) is 16.9. The first-order valence-corrected chi connectivity index (χ1v) is 10.6. The molecule has 6 unspecified atom stereocenters. The van der Waals surface area contributed by atoms with E-state index in [1.807, 2.05) is 0 Å². The van der Waals surface area contributed by atoms with Crippen LogP contribution >= 0.6 is 0 Å². The average molecular weight is 333 g/mol. The number of hydrogen-bond donors (Lipinski definition) is 2. The molecule has 0 saturated heterocycles. The van der Waals surface area contributed by atoms with Gasteiger partial charge in [0, 0.05) is 11.1 Å². The fourth-order valence-electron chi connectivity index (χ4n) is 6.75. The summed E-state index contributed by atoms with van der Waals surface area (Å²) in [7, 11) is 0.946. The van der Waals surface area contributed by atoms with E-state index < -0.39 is 0 Å². The highest BCUT2D eigenvalue weighted by atomic mass is 28.2. The van der Waals surface area contributed by atoms with E-state index in [0.29, 0.717) is 10.8 Å². The van der Waals surface area contributed by atoms with E-state index in [4.69, 9.17) is 5.10 Å². The van der Waals surface area contributed by atoms with Crippen LogP contribution in [-0.2, 0) is 0 Å². The number of fused-ring (bicyclic) bond motifs is 5. The molecule has 0 amide bonds. The summed E-state index contributed by atoms with van der Waals surface area (Å²) in [4.78, 5) is 0. The summed E-state index contributed by atoms with van der Waals surface area (Å²) in [5.41, 5.74) is 3.73. The Morgan fingerprint density at radius 2 is 1.91 bits per heavy atom. The third-order valence-corrected chi connectivity index (χ3v) is 8.29. The molecule has 0 aromatic rings. The number of aliphatic hydroxyl groups is 1. The van der Waals surface area contributed by atoms with Crippen LogP contribution in [0.5, 0.6) is 0 Å². The van der Waals surface area contributed by atoms with Crippen molar-refractivity contribution in [1.82, 2.24) is 5.09 Å². The highest BCUT2D eigenvalue weighted by Crippen LogP contribution is 2.64. The molecule has 0 aromatic heterocycles. The van der Waals surface area contributed by atoms with Crippen molar-refractivity contribution in [2.75, 3.05) is 0 Å². The first kappa shape index (κ1) is 15.9. The number of nitrogens with zero attached hydrogens (tertiary/aromatic N) is 1. The fraction of sp³-hybridized carbons (Fsp3) is 0.842. The predicted octanol–water partition coefficient (Wildman–Crippen LogP) is 2.54. The Morgan fingerprint density at radius 1 is 1.17 bits per heavy atom. The maximum Gasteiger partial charge on any atom is 0.127 e. The van der Waals surface area contributed by atoms with Crippen LogP contribution in [0, 0.1) is 28.6 Å². The second-order valence-electron chi connectivity index (χ2n) is 8.93. The summed E-state index contributed by atoms with van der Waals surface area (Å²) < 4.78 is 0. The molecule has 4 aliphatic rings. The second-order valence-corrected chi connectivity index (χ2v) is 9.38. The van der Waals surface area contributed by atoms with Crippen molar-refractivity contribution in [3.8, 4) is 0 Å².